The van der Waals surface area contributed by atoms with Crippen molar-refractivity contribution in [2.45, 2.75) is 133 Å². The standard InChI is InChI=1S/C41H54ClF2N5O9S/c1-8-24-17-23(2)11-9-10-12-26-21-41(26,36(52)48-59(54,55)39(5)14-15-39)47-33(50)30-19-27(57-34-28-20-29(42)31(56-7)18-25(28)13-16-45-34)22-49(30)35(51)32(24)46-37(53)58-38(3,4)40(6,43)44/h10,12-13,16,18,20,23-24,26-27,30,32H,8-9,11,14-15,17,19,21-22H2,1-7H3,(H,46,53)(H,47,50)(H,48,52)/b12-10-/t23-,24+,26+,27+,30-,32-,41+/m0/s1. The number of rotatable bonds is 10. The molecule has 1 aromatic heterocycles. The Morgan fingerprint density at radius 1 is 1.15 bits per heavy atom. The number of alkyl halides is 2. The van der Waals surface area contributed by atoms with E-state index < -0.39 is 85.7 Å². The molecule has 1 saturated heterocycles. The van der Waals surface area contributed by atoms with Crippen molar-refractivity contribution in [1.82, 2.24) is 25.2 Å². The largest absolute Gasteiger partial charge is 0.495 e. The van der Waals surface area contributed by atoms with E-state index in [2.05, 4.69) is 20.3 Å². The maximum absolute atomic E-state index is 15.0. The summed E-state index contributed by atoms with van der Waals surface area (Å²) >= 11 is 6.47. The number of ether oxygens (including phenoxy) is 3. The van der Waals surface area contributed by atoms with Gasteiger partial charge in [-0.2, -0.15) is 0 Å². The number of alkyl carbamates (subject to hydrolysis) is 1. The van der Waals surface area contributed by atoms with Crippen molar-refractivity contribution in [3.8, 4) is 11.6 Å². The van der Waals surface area contributed by atoms with E-state index >= 15 is 0 Å². The highest BCUT2D eigenvalue weighted by atomic mass is 35.5. The summed E-state index contributed by atoms with van der Waals surface area (Å²) in [5.74, 6) is -6.15. The first-order chi connectivity index (χ1) is 27.5. The first kappa shape index (κ1) is 44.3. The molecule has 3 N–H and O–H groups in total. The van der Waals surface area contributed by atoms with Crippen LogP contribution in [-0.2, 0) is 29.1 Å². The van der Waals surface area contributed by atoms with Gasteiger partial charge in [0, 0.05) is 30.8 Å². The van der Waals surface area contributed by atoms with Crippen molar-refractivity contribution in [3.63, 3.8) is 0 Å². The van der Waals surface area contributed by atoms with Crippen molar-refractivity contribution in [3.05, 3.63) is 41.6 Å². The van der Waals surface area contributed by atoms with Gasteiger partial charge in [0.2, 0.25) is 27.7 Å². The molecule has 7 atom stereocenters. The minimum atomic E-state index is -4.07. The lowest BCUT2D eigenvalue weighted by molar-refractivity contribution is -0.152. The molecule has 14 nitrogen and oxygen atoms in total. The van der Waals surface area contributed by atoms with Crippen LogP contribution in [0.2, 0.25) is 5.02 Å². The van der Waals surface area contributed by atoms with Gasteiger partial charge in [0.1, 0.15) is 29.5 Å². The molecule has 59 heavy (non-hydrogen) atoms. The fourth-order valence-corrected chi connectivity index (χ4v) is 9.40. The Kier molecular flexibility index (Phi) is 12.3. The molecular formula is C41H54ClF2N5O9S. The van der Waals surface area contributed by atoms with Crippen LogP contribution in [0.3, 0.4) is 0 Å². The monoisotopic (exact) mass is 865 g/mol. The Morgan fingerprint density at radius 3 is 2.51 bits per heavy atom. The quantitative estimate of drug-likeness (QED) is 0.238. The van der Waals surface area contributed by atoms with Gasteiger partial charge in [0.05, 0.1) is 23.4 Å². The van der Waals surface area contributed by atoms with Gasteiger partial charge in [-0.3, -0.25) is 19.1 Å². The van der Waals surface area contributed by atoms with E-state index in [4.69, 9.17) is 25.8 Å². The number of benzene rings is 1. The topological polar surface area (TPSA) is 182 Å². The SMILES string of the molecule is CC[C@@H]1C[C@@H](C)CC/C=C\[C@@H]2C[C@@]2(C(=O)NS(=O)(=O)C2(C)CC2)NC(=O)[C@@H]2C[C@@H](Oc3nccc4cc(OC)c(Cl)cc34)CN2C(=O)[C@H]1NC(=O)OC(C)(C)C(C)(F)F. The van der Waals surface area contributed by atoms with E-state index in [1.807, 2.05) is 26.0 Å². The number of fused-ring (bicyclic) bond motifs is 3. The Bertz CT molecular complexity index is 2130. The maximum atomic E-state index is 15.0. The number of carbonyl (C=O) groups is 4. The number of nitrogens with zero attached hydrogens (tertiary/aromatic N) is 2. The zero-order valence-electron chi connectivity index (χ0n) is 34.4. The number of hydrogen-bond donors (Lipinski definition) is 3. The third kappa shape index (κ3) is 9.10. The van der Waals surface area contributed by atoms with Gasteiger partial charge in [0.25, 0.3) is 11.8 Å². The molecule has 0 spiro atoms. The number of pyridine rings is 1. The zero-order chi connectivity index (χ0) is 43.3. The minimum Gasteiger partial charge on any atom is -0.495 e. The second-order valence-electron chi connectivity index (χ2n) is 17.4. The number of methoxy groups -OCH3 is 1. The predicted octanol–water partition coefficient (Wildman–Crippen LogP) is 6.05. The van der Waals surface area contributed by atoms with Gasteiger partial charge in [-0.15, -0.1) is 0 Å². The molecule has 324 valence electrons. The number of carbonyl (C=O) groups excluding carboxylic acids is 4. The lowest BCUT2D eigenvalue weighted by Gasteiger charge is -2.35. The van der Waals surface area contributed by atoms with Crippen molar-refractivity contribution < 1.29 is 50.6 Å². The number of nitrogens with one attached hydrogen (secondary N) is 3. The molecule has 2 aliphatic carbocycles. The molecule has 0 radical (unpaired) electrons. The third-order valence-corrected chi connectivity index (χ3v) is 15.0. The van der Waals surface area contributed by atoms with Crippen LogP contribution in [0, 0.1) is 17.8 Å². The molecular weight excluding hydrogens is 812 g/mol. The molecule has 0 unspecified atom stereocenters. The summed E-state index contributed by atoms with van der Waals surface area (Å²) in [6.07, 6.45) is 6.07. The first-order valence-electron chi connectivity index (χ1n) is 20.1. The molecule has 3 fully saturated rings. The summed E-state index contributed by atoms with van der Waals surface area (Å²) in [7, 11) is -2.58. The van der Waals surface area contributed by atoms with Crippen LogP contribution in [-0.4, -0.2) is 95.8 Å². The Hall–Kier alpha value is -4.25. The smallest absolute Gasteiger partial charge is 0.408 e. The minimum absolute atomic E-state index is 0.0176. The molecule has 4 aliphatic rings. The van der Waals surface area contributed by atoms with Gasteiger partial charge < -0.3 is 29.7 Å². The van der Waals surface area contributed by atoms with Gasteiger partial charge in [-0.25, -0.2) is 27.0 Å². The Morgan fingerprint density at radius 2 is 1.86 bits per heavy atom. The molecule has 2 aromatic rings. The summed E-state index contributed by atoms with van der Waals surface area (Å²) < 4.78 is 73.5. The lowest BCUT2D eigenvalue weighted by Crippen LogP contribution is -2.60. The van der Waals surface area contributed by atoms with E-state index in [1.54, 1.807) is 25.1 Å². The predicted molar refractivity (Wildman–Crippen MR) is 216 cm³/mol. The number of aromatic nitrogens is 1. The molecule has 0 bridgehead atoms. The highest BCUT2D eigenvalue weighted by Gasteiger charge is 2.63. The van der Waals surface area contributed by atoms with E-state index in [0.717, 1.165) is 13.8 Å². The second kappa shape index (κ2) is 16.3. The fourth-order valence-electron chi connectivity index (χ4n) is 7.85. The van der Waals surface area contributed by atoms with Crippen LogP contribution in [0.5, 0.6) is 11.6 Å². The number of hydrogen-bond acceptors (Lipinski definition) is 10. The molecule has 4 amide bonds. The zero-order valence-corrected chi connectivity index (χ0v) is 36.0. The second-order valence-corrected chi connectivity index (χ2v) is 20.0. The lowest BCUT2D eigenvalue weighted by atomic mass is 9.85. The van der Waals surface area contributed by atoms with E-state index in [9.17, 15) is 36.4 Å². The van der Waals surface area contributed by atoms with Gasteiger partial charge >= 0.3 is 6.09 Å². The van der Waals surface area contributed by atoms with E-state index in [1.165, 1.54) is 18.2 Å². The third-order valence-electron chi connectivity index (χ3n) is 12.6. The van der Waals surface area contributed by atoms with E-state index in [0.29, 0.717) is 67.0 Å². The van der Waals surface area contributed by atoms with Crippen molar-refractivity contribution >= 4 is 56.2 Å². The van der Waals surface area contributed by atoms with Crippen LogP contribution in [0.4, 0.5) is 13.6 Å². The summed E-state index contributed by atoms with van der Waals surface area (Å²) in [4.78, 5) is 62.6. The van der Waals surface area contributed by atoms with Crippen LogP contribution < -0.4 is 24.8 Å². The number of halogens is 3. The van der Waals surface area contributed by atoms with Gasteiger partial charge in [0.15, 0.2) is 5.60 Å². The molecule has 1 aromatic carbocycles. The summed E-state index contributed by atoms with van der Waals surface area (Å²) in [5.41, 5.74) is -3.85. The molecule has 2 aliphatic heterocycles. The van der Waals surface area contributed by atoms with Gasteiger partial charge in [-0.05, 0) is 94.7 Å². The number of amides is 4. The van der Waals surface area contributed by atoms with Crippen LogP contribution in [0.25, 0.3) is 10.8 Å². The normalized spacial score (nSPS) is 29.2. The summed E-state index contributed by atoms with van der Waals surface area (Å²) in [6.45, 7) is 7.99. The Balaban J connectivity index is 1.38. The summed E-state index contributed by atoms with van der Waals surface area (Å²) in [6, 6.07) is 2.48. The highest BCUT2D eigenvalue weighted by Crippen LogP contribution is 2.48. The van der Waals surface area contributed by atoms with Crippen molar-refractivity contribution in [2.75, 3.05) is 13.7 Å². The maximum Gasteiger partial charge on any atom is 0.408 e. The average molecular weight is 866 g/mol. The van der Waals surface area contributed by atoms with Crippen LogP contribution in [0.1, 0.15) is 92.9 Å². The Labute approximate surface area is 348 Å². The number of sulfonamides is 1. The molecule has 18 heteroatoms. The molecule has 3 heterocycles. The van der Waals surface area contributed by atoms with Gasteiger partial charge in [-0.1, -0.05) is 44.0 Å². The van der Waals surface area contributed by atoms with E-state index in [-0.39, 0.29) is 31.2 Å². The van der Waals surface area contributed by atoms with Crippen LogP contribution >= 0.6 is 11.6 Å². The average Bonchev–Trinajstić information content (AvgIpc) is 4.03. The molecule has 6 rings (SSSR count). The van der Waals surface area contributed by atoms with Crippen molar-refractivity contribution in [1.29, 1.82) is 0 Å². The number of allylic oxidation sites excluding steroid dienone is 1. The van der Waals surface area contributed by atoms with Crippen LogP contribution in [0.15, 0.2) is 36.5 Å². The first-order valence-corrected chi connectivity index (χ1v) is 21.9. The summed E-state index contributed by atoms with van der Waals surface area (Å²) in [5, 5.41) is 6.95. The fraction of sp³-hybridized carbons (Fsp3) is 0.634. The van der Waals surface area contributed by atoms with Crippen molar-refractivity contribution in [2.24, 2.45) is 17.8 Å². The highest BCUT2D eigenvalue weighted by molar-refractivity contribution is 7.91. The molecule has 2 saturated carbocycles.